The van der Waals surface area contributed by atoms with E-state index >= 15 is 0 Å². The fraction of sp³-hybridized carbons (Fsp3) is 0.882. The summed E-state index contributed by atoms with van der Waals surface area (Å²) in [5.74, 6) is 0.959. The Balaban J connectivity index is 1.69. The Hall–Kier alpha value is -1.06. The molecule has 0 aromatic carbocycles. The predicted molar refractivity (Wildman–Crippen MR) is 79.7 cm³/mol. The van der Waals surface area contributed by atoms with Gasteiger partial charge in [-0.1, -0.05) is 32.1 Å². The van der Waals surface area contributed by atoms with Crippen molar-refractivity contribution in [3.8, 4) is 0 Å². The van der Waals surface area contributed by atoms with Gasteiger partial charge in [-0.05, 0) is 38.0 Å². The lowest BCUT2D eigenvalue weighted by molar-refractivity contribution is -0.148. The van der Waals surface area contributed by atoms with E-state index in [0.717, 1.165) is 12.3 Å². The zero-order chi connectivity index (χ0) is 15.0. The second-order valence-corrected chi connectivity index (χ2v) is 7.62. The van der Waals surface area contributed by atoms with Gasteiger partial charge < -0.3 is 10.0 Å². The first-order valence-electron chi connectivity index (χ1n) is 8.53. The van der Waals surface area contributed by atoms with Crippen LogP contribution in [-0.4, -0.2) is 35.0 Å². The number of amides is 1. The standard InChI is InChI=1S/C17H27NO3/c1-17(16(20)21)9-10-18(11-17)15(19)14-8-4-6-12-5-2-3-7-13(12)14/h12-14H,2-11H2,1H3,(H,20,21). The average molecular weight is 293 g/mol. The highest BCUT2D eigenvalue weighted by atomic mass is 16.4. The Labute approximate surface area is 126 Å². The summed E-state index contributed by atoms with van der Waals surface area (Å²) < 4.78 is 0. The molecule has 0 spiro atoms. The SMILES string of the molecule is CC1(C(=O)O)CCN(C(=O)C2CCCC3CCCCC32)C1. The fourth-order valence-electron chi connectivity index (χ4n) is 4.80. The van der Waals surface area contributed by atoms with Crippen molar-refractivity contribution in [1.29, 1.82) is 0 Å². The van der Waals surface area contributed by atoms with Crippen LogP contribution in [0, 0.1) is 23.2 Å². The van der Waals surface area contributed by atoms with Crippen LogP contribution in [0.2, 0.25) is 0 Å². The lowest BCUT2D eigenvalue weighted by Gasteiger charge is -2.42. The maximum absolute atomic E-state index is 12.9. The van der Waals surface area contributed by atoms with Gasteiger partial charge in [-0.15, -0.1) is 0 Å². The van der Waals surface area contributed by atoms with E-state index in [1.165, 1.54) is 38.5 Å². The maximum atomic E-state index is 12.9. The summed E-state index contributed by atoms with van der Waals surface area (Å²) in [7, 11) is 0. The highest BCUT2D eigenvalue weighted by Crippen LogP contribution is 2.45. The van der Waals surface area contributed by atoms with Crippen molar-refractivity contribution in [3.05, 3.63) is 0 Å². The summed E-state index contributed by atoms with van der Waals surface area (Å²) in [5, 5.41) is 9.33. The Morgan fingerprint density at radius 3 is 2.52 bits per heavy atom. The summed E-state index contributed by atoms with van der Waals surface area (Å²) in [6.07, 6.45) is 9.14. The fourth-order valence-corrected chi connectivity index (χ4v) is 4.80. The third-order valence-electron chi connectivity index (χ3n) is 6.19. The van der Waals surface area contributed by atoms with Crippen LogP contribution in [0.5, 0.6) is 0 Å². The van der Waals surface area contributed by atoms with Gasteiger partial charge in [0, 0.05) is 19.0 Å². The number of likely N-dealkylation sites (tertiary alicyclic amines) is 1. The van der Waals surface area contributed by atoms with Crippen LogP contribution in [0.15, 0.2) is 0 Å². The minimum atomic E-state index is -0.767. The molecule has 4 unspecified atom stereocenters. The quantitative estimate of drug-likeness (QED) is 0.851. The molecule has 3 fully saturated rings. The van der Waals surface area contributed by atoms with E-state index in [-0.39, 0.29) is 11.8 Å². The molecule has 4 atom stereocenters. The Morgan fingerprint density at radius 1 is 1.10 bits per heavy atom. The highest BCUT2D eigenvalue weighted by Gasteiger charge is 2.46. The van der Waals surface area contributed by atoms with Gasteiger partial charge in [0.25, 0.3) is 0 Å². The molecule has 0 aromatic rings. The molecule has 2 aliphatic carbocycles. The molecule has 0 bridgehead atoms. The number of carboxylic acid groups (broad SMARTS) is 1. The molecule has 1 aliphatic heterocycles. The van der Waals surface area contributed by atoms with Crippen molar-refractivity contribution in [2.24, 2.45) is 23.2 Å². The van der Waals surface area contributed by atoms with E-state index in [2.05, 4.69) is 0 Å². The molecule has 4 heteroatoms. The van der Waals surface area contributed by atoms with E-state index in [0.29, 0.717) is 25.4 Å². The van der Waals surface area contributed by atoms with Crippen molar-refractivity contribution in [2.45, 2.75) is 58.3 Å². The molecule has 1 heterocycles. The third kappa shape index (κ3) is 2.69. The summed E-state index contributed by atoms with van der Waals surface area (Å²) in [6.45, 7) is 2.79. The van der Waals surface area contributed by atoms with Gasteiger partial charge in [-0.2, -0.15) is 0 Å². The molecule has 3 rings (SSSR count). The largest absolute Gasteiger partial charge is 0.481 e. The van der Waals surface area contributed by atoms with E-state index in [9.17, 15) is 14.7 Å². The monoisotopic (exact) mass is 293 g/mol. The number of nitrogens with zero attached hydrogens (tertiary/aromatic N) is 1. The summed E-state index contributed by atoms with van der Waals surface area (Å²) in [4.78, 5) is 26.1. The second-order valence-electron chi connectivity index (χ2n) is 7.62. The first-order valence-corrected chi connectivity index (χ1v) is 8.53. The zero-order valence-electron chi connectivity index (χ0n) is 13.0. The molecule has 3 aliphatic rings. The lowest BCUT2D eigenvalue weighted by atomic mass is 9.65. The van der Waals surface area contributed by atoms with Crippen LogP contribution in [0.25, 0.3) is 0 Å². The van der Waals surface area contributed by atoms with Gasteiger partial charge in [0.15, 0.2) is 0 Å². The van der Waals surface area contributed by atoms with E-state index in [4.69, 9.17) is 0 Å². The average Bonchev–Trinajstić information content (AvgIpc) is 2.90. The van der Waals surface area contributed by atoms with Crippen molar-refractivity contribution >= 4 is 11.9 Å². The molecular weight excluding hydrogens is 266 g/mol. The minimum Gasteiger partial charge on any atom is -0.481 e. The van der Waals surface area contributed by atoms with Crippen LogP contribution < -0.4 is 0 Å². The summed E-state index contributed by atoms with van der Waals surface area (Å²) >= 11 is 0. The summed E-state index contributed by atoms with van der Waals surface area (Å²) in [5.41, 5.74) is -0.740. The van der Waals surface area contributed by atoms with Crippen molar-refractivity contribution in [3.63, 3.8) is 0 Å². The number of fused-ring (bicyclic) bond motifs is 1. The number of hydrogen-bond donors (Lipinski definition) is 1. The van der Waals surface area contributed by atoms with Crippen LogP contribution in [0.4, 0.5) is 0 Å². The normalized spacial score (nSPS) is 39.9. The number of carbonyl (C=O) groups excluding carboxylic acids is 1. The molecular formula is C17H27NO3. The van der Waals surface area contributed by atoms with Gasteiger partial charge in [0.2, 0.25) is 5.91 Å². The Kier molecular flexibility index (Phi) is 3.98. The second kappa shape index (κ2) is 5.62. The van der Waals surface area contributed by atoms with E-state index < -0.39 is 11.4 Å². The van der Waals surface area contributed by atoms with Gasteiger partial charge in [-0.25, -0.2) is 0 Å². The summed E-state index contributed by atoms with van der Waals surface area (Å²) in [6, 6.07) is 0. The molecule has 118 valence electrons. The molecule has 0 radical (unpaired) electrons. The van der Waals surface area contributed by atoms with Crippen molar-refractivity contribution < 1.29 is 14.7 Å². The topological polar surface area (TPSA) is 57.6 Å². The maximum Gasteiger partial charge on any atom is 0.311 e. The van der Waals surface area contributed by atoms with Gasteiger partial charge in [-0.3, -0.25) is 9.59 Å². The van der Waals surface area contributed by atoms with Crippen LogP contribution >= 0.6 is 0 Å². The van der Waals surface area contributed by atoms with Crippen LogP contribution in [-0.2, 0) is 9.59 Å². The third-order valence-corrected chi connectivity index (χ3v) is 6.19. The van der Waals surface area contributed by atoms with Crippen molar-refractivity contribution in [2.75, 3.05) is 13.1 Å². The first-order chi connectivity index (χ1) is 10.0. The lowest BCUT2D eigenvalue weighted by Crippen LogP contribution is -2.44. The van der Waals surface area contributed by atoms with Gasteiger partial charge >= 0.3 is 5.97 Å². The van der Waals surface area contributed by atoms with E-state index in [1.54, 1.807) is 6.92 Å². The predicted octanol–water partition coefficient (Wildman–Crippen LogP) is 2.92. The zero-order valence-corrected chi connectivity index (χ0v) is 13.0. The molecule has 21 heavy (non-hydrogen) atoms. The number of carbonyl (C=O) groups is 2. The molecule has 4 nitrogen and oxygen atoms in total. The highest BCUT2D eigenvalue weighted by molar-refractivity contribution is 5.82. The molecule has 0 aromatic heterocycles. The molecule has 2 saturated carbocycles. The Bertz CT molecular complexity index is 434. The number of rotatable bonds is 2. The van der Waals surface area contributed by atoms with E-state index in [1.807, 2.05) is 4.90 Å². The van der Waals surface area contributed by atoms with Gasteiger partial charge in [0.1, 0.15) is 0 Å². The molecule has 1 N–H and O–H groups in total. The number of aliphatic carboxylic acids is 1. The minimum absolute atomic E-state index is 0.167. The Morgan fingerprint density at radius 2 is 1.81 bits per heavy atom. The van der Waals surface area contributed by atoms with Gasteiger partial charge in [0.05, 0.1) is 5.41 Å². The van der Waals surface area contributed by atoms with Crippen LogP contribution in [0.3, 0.4) is 0 Å². The smallest absolute Gasteiger partial charge is 0.311 e. The van der Waals surface area contributed by atoms with Crippen LogP contribution in [0.1, 0.15) is 58.3 Å². The molecule has 1 saturated heterocycles. The number of hydrogen-bond acceptors (Lipinski definition) is 2. The van der Waals surface area contributed by atoms with Crippen molar-refractivity contribution in [1.82, 2.24) is 4.90 Å². The number of carboxylic acids is 1. The first kappa shape index (κ1) is 14.9. The molecule has 1 amide bonds.